The van der Waals surface area contributed by atoms with Gasteiger partial charge in [0, 0.05) is 6.92 Å². The van der Waals surface area contributed by atoms with E-state index in [0.29, 0.717) is 0 Å². The minimum atomic E-state index is -2.99. The Kier molecular flexibility index (Phi) is 6.45. The van der Waals surface area contributed by atoms with E-state index in [9.17, 15) is 18.4 Å². The first-order valence-electron chi connectivity index (χ1n) is 7.61. The molecule has 7 heteroatoms. The van der Waals surface area contributed by atoms with E-state index in [-0.39, 0.29) is 23.8 Å². The molecule has 0 saturated heterocycles. The van der Waals surface area contributed by atoms with Crippen molar-refractivity contribution in [1.82, 2.24) is 5.32 Å². The van der Waals surface area contributed by atoms with Gasteiger partial charge >= 0.3 is 6.61 Å². The average molecular weight is 348 g/mol. The van der Waals surface area contributed by atoms with Crippen LogP contribution in [0.15, 0.2) is 54.6 Å². The van der Waals surface area contributed by atoms with Crippen molar-refractivity contribution in [1.29, 1.82) is 0 Å². The molecule has 25 heavy (non-hydrogen) atoms. The van der Waals surface area contributed by atoms with Gasteiger partial charge in [-0.15, -0.1) is 0 Å². The number of hydrogen-bond acceptors (Lipinski definition) is 3. The molecule has 0 aliphatic carbocycles. The topological polar surface area (TPSA) is 67.4 Å². The van der Waals surface area contributed by atoms with Crippen LogP contribution in [0.2, 0.25) is 0 Å². The maximum atomic E-state index is 12.4. The summed E-state index contributed by atoms with van der Waals surface area (Å²) in [7, 11) is 0. The number of para-hydroxylation sites is 2. The van der Waals surface area contributed by atoms with E-state index in [2.05, 4.69) is 15.4 Å². The number of anilines is 1. The van der Waals surface area contributed by atoms with Gasteiger partial charge in [-0.3, -0.25) is 9.59 Å². The van der Waals surface area contributed by atoms with E-state index in [1.807, 2.05) is 6.07 Å². The highest BCUT2D eigenvalue weighted by Crippen LogP contribution is 2.26. The fourth-order valence-electron chi connectivity index (χ4n) is 2.34. The third-order valence-electron chi connectivity index (χ3n) is 3.35. The molecule has 0 radical (unpaired) electrons. The van der Waals surface area contributed by atoms with Gasteiger partial charge in [-0.1, -0.05) is 42.5 Å². The van der Waals surface area contributed by atoms with Gasteiger partial charge in [0.15, 0.2) is 0 Å². The van der Waals surface area contributed by atoms with Crippen molar-refractivity contribution in [3.63, 3.8) is 0 Å². The van der Waals surface area contributed by atoms with Gasteiger partial charge in [0.25, 0.3) is 0 Å². The van der Waals surface area contributed by atoms with Gasteiger partial charge in [-0.2, -0.15) is 8.78 Å². The van der Waals surface area contributed by atoms with E-state index in [0.717, 1.165) is 5.56 Å². The van der Waals surface area contributed by atoms with Crippen molar-refractivity contribution in [2.45, 2.75) is 26.0 Å². The van der Waals surface area contributed by atoms with Gasteiger partial charge in [-0.25, -0.2) is 0 Å². The summed E-state index contributed by atoms with van der Waals surface area (Å²) in [6.45, 7) is -1.63. The highest BCUT2D eigenvalue weighted by Gasteiger charge is 2.18. The molecule has 2 aromatic carbocycles. The SMILES string of the molecule is CC(=O)N[C@@H](CC(=O)Nc1ccccc1OC(F)F)c1ccccc1. The lowest BCUT2D eigenvalue weighted by molar-refractivity contribution is -0.120. The average Bonchev–Trinajstić information content (AvgIpc) is 2.56. The quantitative estimate of drug-likeness (QED) is 0.805. The molecule has 0 aliphatic rings. The molecular weight excluding hydrogens is 330 g/mol. The Morgan fingerprint density at radius 3 is 2.32 bits per heavy atom. The number of rotatable bonds is 7. The number of amides is 2. The maximum Gasteiger partial charge on any atom is 0.387 e. The number of carbonyl (C=O) groups excluding carboxylic acids is 2. The van der Waals surface area contributed by atoms with Gasteiger partial charge < -0.3 is 15.4 Å². The maximum absolute atomic E-state index is 12.4. The molecule has 2 amide bonds. The number of alkyl halides is 2. The highest BCUT2D eigenvalue weighted by atomic mass is 19.3. The molecular formula is C18H18F2N2O3. The fourth-order valence-corrected chi connectivity index (χ4v) is 2.34. The molecule has 5 nitrogen and oxygen atoms in total. The van der Waals surface area contributed by atoms with Crippen molar-refractivity contribution < 1.29 is 23.1 Å². The molecule has 0 bridgehead atoms. The minimum absolute atomic E-state index is 0.0490. The van der Waals surface area contributed by atoms with E-state index in [1.54, 1.807) is 30.3 Å². The molecule has 0 unspecified atom stereocenters. The van der Waals surface area contributed by atoms with Crippen LogP contribution in [0.1, 0.15) is 24.9 Å². The Bertz CT molecular complexity index is 723. The number of hydrogen-bond donors (Lipinski definition) is 2. The van der Waals surface area contributed by atoms with Gasteiger partial charge in [0.2, 0.25) is 11.8 Å². The summed E-state index contributed by atoms with van der Waals surface area (Å²) >= 11 is 0. The number of halogens is 2. The van der Waals surface area contributed by atoms with Crippen molar-refractivity contribution in [2.24, 2.45) is 0 Å². The minimum Gasteiger partial charge on any atom is -0.433 e. The molecule has 0 saturated carbocycles. The zero-order valence-corrected chi connectivity index (χ0v) is 13.5. The Morgan fingerprint density at radius 2 is 1.68 bits per heavy atom. The first kappa shape index (κ1) is 18.4. The van der Waals surface area contributed by atoms with Crippen molar-refractivity contribution in [3.05, 3.63) is 60.2 Å². The second-order valence-corrected chi connectivity index (χ2v) is 5.29. The summed E-state index contributed by atoms with van der Waals surface area (Å²) in [5.74, 6) is -0.836. The van der Waals surface area contributed by atoms with E-state index in [1.165, 1.54) is 25.1 Å². The second kappa shape index (κ2) is 8.77. The fraction of sp³-hybridized carbons (Fsp3) is 0.222. The Morgan fingerprint density at radius 1 is 1.04 bits per heavy atom. The lowest BCUT2D eigenvalue weighted by Gasteiger charge is -2.18. The molecule has 1 atom stereocenters. The molecule has 0 aromatic heterocycles. The zero-order chi connectivity index (χ0) is 18.2. The van der Waals surface area contributed by atoms with Crippen LogP contribution in [-0.2, 0) is 9.59 Å². The van der Waals surface area contributed by atoms with Crippen molar-refractivity contribution in [3.8, 4) is 5.75 Å². The van der Waals surface area contributed by atoms with Crippen LogP contribution in [0.25, 0.3) is 0 Å². The molecule has 2 N–H and O–H groups in total. The van der Waals surface area contributed by atoms with Gasteiger partial charge in [0.1, 0.15) is 5.75 Å². The largest absolute Gasteiger partial charge is 0.433 e. The molecule has 132 valence electrons. The first-order valence-corrected chi connectivity index (χ1v) is 7.61. The Labute approximate surface area is 144 Å². The van der Waals surface area contributed by atoms with Crippen LogP contribution in [0.5, 0.6) is 5.75 Å². The zero-order valence-electron chi connectivity index (χ0n) is 13.5. The molecule has 0 spiro atoms. The standard InChI is InChI=1S/C18H18F2N2O3/c1-12(23)21-15(13-7-3-2-4-8-13)11-17(24)22-14-9-5-6-10-16(14)25-18(19)20/h2-10,15,18H,11H2,1H3,(H,21,23)(H,22,24)/t15-/m0/s1. The van der Waals surface area contributed by atoms with E-state index in [4.69, 9.17) is 0 Å². The first-order chi connectivity index (χ1) is 12.0. The molecule has 2 aromatic rings. The summed E-state index contributed by atoms with van der Waals surface area (Å²) in [5, 5.41) is 5.25. The van der Waals surface area contributed by atoms with Gasteiger partial charge in [-0.05, 0) is 17.7 Å². The van der Waals surface area contributed by atoms with Crippen LogP contribution in [0.4, 0.5) is 14.5 Å². The number of nitrogens with one attached hydrogen (secondary N) is 2. The molecule has 2 rings (SSSR count). The third kappa shape index (κ3) is 5.87. The van der Waals surface area contributed by atoms with Crippen molar-refractivity contribution in [2.75, 3.05) is 5.32 Å². The van der Waals surface area contributed by atoms with E-state index < -0.39 is 18.6 Å². The van der Waals surface area contributed by atoms with Crippen LogP contribution < -0.4 is 15.4 Å². The lowest BCUT2D eigenvalue weighted by atomic mass is 10.0. The molecule has 0 fully saturated rings. The summed E-state index contributed by atoms with van der Waals surface area (Å²) in [6.07, 6.45) is -0.0490. The van der Waals surface area contributed by atoms with Crippen LogP contribution >= 0.6 is 0 Å². The molecule has 0 heterocycles. The third-order valence-corrected chi connectivity index (χ3v) is 3.35. The van der Waals surface area contributed by atoms with E-state index >= 15 is 0 Å². The predicted molar refractivity (Wildman–Crippen MR) is 89.3 cm³/mol. The number of ether oxygens (including phenoxy) is 1. The number of carbonyl (C=O) groups is 2. The monoisotopic (exact) mass is 348 g/mol. The Hall–Kier alpha value is -2.96. The van der Waals surface area contributed by atoms with Crippen LogP contribution in [0.3, 0.4) is 0 Å². The number of benzene rings is 2. The predicted octanol–water partition coefficient (Wildman–Crippen LogP) is 3.49. The van der Waals surface area contributed by atoms with Gasteiger partial charge in [0.05, 0.1) is 18.2 Å². The van der Waals surface area contributed by atoms with Crippen LogP contribution in [0, 0.1) is 0 Å². The Balaban J connectivity index is 2.10. The van der Waals surface area contributed by atoms with Crippen molar-refractivity contribution >= 4 is 17.5 Å². The smallest absolute Gasteiger partial charge is 0.387 e. The summed E-state index contributed by atoms with van der Waals surface area (Å²) in [4.78, 5) is 23.7. The lowest BCUT2D eigenvalue weighted by Crippen LogP contribution is -2.29. The second-order valence-electron chi connectivity index (χ2n) is 5.29. The normalized spacial score (nSPS) is 11.7. The summed E-state index contributed by atoms with van der Waals surface area (Å²) in [5.41, 5.74) is 0.910. The summed E-state index contributed by atoms with van der Waals surface area (Å²) < 4.78 is 29.2. The molecule has 0 aliphatic heterocycles. The summed E-state index contributed by atoms with van der Waals surface area (Å²) in [6, 6.07) is 14.4. The van der Waals surface area contributed by atoms with Crippen LogP contribution in [-0.4, -0.2) is 18.4 Å². The highest BCUT2D eigenvalue weighted by molar-refractivity contribution is 5.93.